The van der Waals surface area contributed by atoms with Gasteiger partial charge < -0.3 is 19.7 Å². The normalized spacial score (nSPS) is 12.8. The lowest BCUT2D eigenvalue weighted by Gasteiger charge is -2.29. The molecule has 0 radical (unpaired) electrons. The van der Waals surface area contributed by atoms with Crippen LogP contribution in [-0.4, -0.2) is 40.2 Å². The molecule has 1 aromatic heterocycles. The number of aromatic nitrogens is 2. The molecule has 2 aromatic carbocycles. The Labute approximate surface area is 215 Å². The lowest BCUT2D eigenvalue weighted by Crippen LogP contribution is -2.36. The Morgan fingerprint density at radius 1 is 1.03 bits per heavy atom. The number of carbonyl (C=O) groups is 2. The summed E-state index contributed by atoms with van der Waals surface area (Å²) in [6.45, 7) is 4.71. The van der Waals surface area contributed by atoms with Crippen LogP contribution in [0.15, 0.2) is 48.5 Å². The number of anilines is 1. The van der Waals surface area contributed by atoms with E-state index in [4.69, 9.17) is 9.47 Å². The second-order valence-electron chi connectivity index (χ2n) is 8.76. The van der Waals surface area contributed by atoms with Crippen LogP contribution in [0.2, 0.25) is 0 Å². The highest BCUT2D eigenvalue weighted by Gasteiger charge is 2.22. The standard InChI is InChI=1S/C27H32N4O4S/c1-3-4-5-9-12-25(33)31(19(2)20-10-7-6-8-11-20)16-15-24(32)28-27-30-29-26(36-27)21-13-14-22-23(17-21)35-18-34-22/h6-8,10-11,13-14,17,19H,3-5,9,12,15-16,18H2,1-2H3,(H,28,30,32)/t19-/m1/s1. The number of rotatable bonds is 12. The van der Waals surface area contributed by atoms with E-state index in [-0.39, 0.29) is 31.1 Å². The Morgan fingerprint density at radius 3 is 2.64 bits per heavy atom. The minimum absolute atomic E-state index is 0.0799. The monoisotopic (exact) mass is 508 g/mol. The molecule has 0 bridgehead atoms. The third kappa shape index (κ3) is 6.60. The number of carbonyl (C=O) groups excluding carboxylic acids is 2. The number of ether oxygens (including phenoxy) is 2. The van der Waals surface area contributed by atoms with Gasteiger partial charge in [0.15, 0.2) is 11.5 Å². The summed E-state index contributed by atoms with van der Waals surface area (Å²) in [7, 11) is 0. The number of hydrogen-bond donors (Lipinski definition) is 1. The van der Waals surface area contributed by atoms with E-state index in [1.807, 2.05) is 60.4 Å². The van der Waals surface area contributed by atoms with E-state index in [0.29, 0.717) is 34.6 Å². The van der Waals surface area contributed by atoms with Crippen molar-refractivity contribution in [3.05, 3.63) is 54.1 Å². The molecule has 36 heavy (non-hydrogen) atoms. The first-order chi connectivity index (χ1) is 17.5. The van der Waals surface area contributed by atoms with Crippen LogP contribution in [0, 0.1) is 0 Å². The van der Waals surface area contributed by atoms with Crippen molar-refractivity contribution in [3.8, 4) is 22.1 Å². The Morgan fingerprint density at radius 2 is 1.83 bits per heavy atom. The van der Waals surface area contributed by atoms with E-state index in [1.165, 1.54) is 11.3 Å². The smallest absolute Gasteiger partial charge is 0.231 e. The zero-order valence-electron chi connectivity index (χ0n) is 20.7. The quantitative estimate of drug-likeness (QED) is 0.310. The molecule has 8 nitrogen and oxygen atoms in total. The third-order valence-corrected chi connectivity index (χ3v) is 7.07. The van der Waals surface area contributed by atoms with E-state index in [0.717, 1.165) is 36.8 Å². The first-order valence-electron chi connectivity index (χ1n) is 12.4. The molecule has 2 heterocycles. The summed E-state index contributed by atoms with van der Waals surface area (Å²) in [6.07, 6.45) is 4.83. The van der Waals surface area contributed by atoms with E-state index >= 15 is 0 Å². The second-order valence-corrected chi connectivity index (χ2v) is 9.74. The first kappa shape index (κ1) is 25.6. The second kappa shape index (κ2) is 12.5. The fraction of sp³-hybridized carbons (Fsp3) is 0.407. The summed E-state index contributed by atoms with van der Waals surface area (Å²) in [5, 5.41) is 12.2. The van der Waals surface area contributed by atoms with Gasteiger partial charge in [0.2, 0.25) is 23.7 Å². The van der Waals surface area contributed by atoms with Gasteiger partial charge in [-0.15, -0.1) is 10.2 Å². The number of nitrogens with one attached hydrogen (secondary N) is 1. The molecular weight excluding hydrogens is 476 g/mol. The molecule has 4 rings (SSSR count). The summed E-state index contributed by atoms with van der Waals surface area (Å²) >= 11 is 1.29. The van der Waals surface area contributed by atoms with Crippen LogP contribution in [0.3, 0.4) is 0 Å². The number of unbranched alkanes of at least 4 members (excludes halogenated alkanes) is 3. The van der Waals surface area contributed by atoms with E-state index in [2.05, 4.69) is 22.4 Å². The topological polar surface area (TPSA) is 93.7 Å². The SMILES string of the molecule is CCCCCCC(=O)N(CCC(=O)Nc1nnc(-c2ccc3c(c2)OCO3)s1)[C@H](C)c1ccccc1. The molecule has 9 heteroatoms. The minimum Gasteiger partial charge on any atom is -0.454 e. The number of fused-ring (bicyclic) bond motifs is 1. The molecule has 1 atom stereocenters. The van der Waals surface area contributed by atoms with Crippen LogP contribution < -0.4 is 14.8 Å². The van der Waals surface area contributed by atoms with E-state index in [1.54, 1.807) is 0 Å². The van der Waals surface area contributed by atoms with Gasteiger partial charge >= 0.3 is 0 Å². The summed E-state index contributed by atoms with van der Waals surface area (Å²) in [5.74, 6) is 1.25. The van der Waals surface area contributed by atoms with Crippen LogP contribution >= 0.6 is 11.3 Å². The predicted molar refractivity (Wildman–Crippen MR) is 140 cm³/mol. The van der Waals surface area contributed by atoms with Gasteiger partial charge in [0.25, 0.3) is 0 Å². The van der Waals surface area contributed by atoms with E-state index < -0.39 is 0 Å². The van der Waals surface area contributed by atoms with Crippen molar-refractivity contribution in [2.24, 2.45) is 0 Å². The van der Waals surface area contributed by atoms with Gasteiger partial charge in [-0.1, -0.05) is 67.9 Å². The van der Waals surface area contributed by atoms with Gasteiger partial charge in [0, 0.05) is 24.9 Å². The molecule has 190 valence electrons. The van der Waals surface area contributed by atoms with Gasteiger partial charge in [0.1, 0.15) is 5.01 Å². The van der Waals surface area contributed by atoms with Gasteiger partial charge in [-0.3, -0.25) is 9.59 Å². The summed E-state index contributed by atoms with van der Waals surface area (Å²) in [4.78, 5) is 27.7. The van der Waals surface area contributed by atoms with Crippen LogP contribution in [0.1, 0.15) is 64.0 Å². The molecule has 1 aliphatic heterocycles. The van der Waals surface area contributed by atoms with Crippen molar-refractivity contribution in [3.63, 3.8) is 0 Å². The van der Waals surface area contributed by atoms with E-state index in [9.17, 15) is 9.59 Å². The molecular formula is C27H32N4O4S. The Balaban J connectivity index is 1.36. The number of hydrogen-bond acceptors (Lipinski definition) is 7. The maximum Gasteiger partial charge on any atom is 0.231 e. The lowest BCUT2D eigenvalue weighted by molar-refractivity contribution is -0.134. The molecule has 0 saturated carbocycles. The van der Waals surface area contributed by atoms with Crippen molar-refractivity contribution in [1.82, 2.24) is 15.1 Å². The van der Waals surface area contributed by atoms with Crippen LogP contribution in [0.5, 0.6) is 11.5 Å². The Kier molecular flexibility index (Phi) is 8.89. The molecule has 0 saturated heterocycles. The lowest BCUT2D eigenvalue weighted by atomic mass is 10.1. The zero-order valence-corrected chi connectivity index (χ0v) is 21.6. The third-order valence-electron chi connectivity index (χ3n) is 6.18. The number of amides is 2. The van der Waals surface area contributed by atoms with Gasteiger partial charge in [0.05, 0.1) is 6.04 Å². The maximum absolute atomic E-state index is 13.1. The average Bonchev–Trinajstić information content (AvgIpc) is 3.56. The molecule has 3 aromatic rings. The summed E-state index contributed by atoms with van der Waals surface area (Å²) < 4.78 is 10.8. The molecule has 0 fully saturated rings. The van der Waals surface area contributed by atoms with Crippen molar-refractivity contribution in [2.75, 3.05) is 18.7 Å². The Bertz CT molecular complexity index is 1170. The summed E-state index contributed by atoms with van der Waals surface area (Å²) in [5.41, 5.74) is 1.89. The predicted octanol–water partition coefficient (Wildman–Crippen LogP) is 5.82. The highest BCUT2D eigenvalue weighted by Crippen LogP contribution is 2.37. The fourth-order valence-electron chi connectivity index (χ4n) is 4.12. The first-order valence-corrected chi connectivity index (χ1v) is 13.2. The fourth-order valence-corrected chi connectivity index (χ4v) is 4.87. The van der Waals surface area contributed by atoms with Crippen molar-refractivity contribution < 1.29 is 19.1 Å². The van der Waals surface area contributed by atoms with Crippen molar-refractivity contribution in [1.29, 1.82) is 0 Å². The minimum atomic E-state index is -0.201. The van der Waals surface area contributed by atoms with Crippen LogP contribution in [-0.2, 0) is 9.59 Å². The molecule has 0 spiro atoms. The molecule has 0 aliphatic carbocycles. The van der Waals surface area contributed by atoms with Gasteiger partial charge in [-0.2, -0.15) is 0 Å². The van der Waals surface area contributed by atoms with Crippen LogP contribution in [0.4, 0.5) is 5.13 Å². The molecule has 0 unspecified atom stereocenters. The van der Waals surface area contributed by atoms with Gasteiger partial charge in [-0.25, -0.2) is 0 Å². The van der Waals surface area contributed by atoms with Gasteiger partial charge in [-0.05, 0) is 37.1 Å². The maximum atomic E-state index is 13.1. The largest absolute Gasteiger partial charge is 0.454 e. The highest BCUT2D eigenvalue weighted by atomic mass is 32.1. The Hall–Kier alpha value is -3.46. The van der Waals surface area contributed by atoms with Crippen molar-refractivity contribution in [2.45, 2.75) is 58.4 Å². The average molecular weight is 509 g/mol. The van der Waals surface area contributed by atoms with Crippen LogP contribution in [0.25, 0.3) is 10.6 Å². The highest BCUT2D eigenvalue weighted by molar-refractivity contribution is 7.18. The van der Waals surface area contributed by atoms with Crippen molar-refractivity contribution >= 4 is 28.3 Å². The molecule has 1 N–H and O–H groups in total. The molecule has 2 amide bonds. The number of benzene rings is 2. The zero-order chi connectivity index (χ0) is 25.3. The summed E-state index contributed by atoms with van der Waals surface area (Å²) in [6, 6.07) is 15.4. The molecule has 1 aliphatic rings. The number of nitrogens with zero attached hydrogens (tertiary/aromatic N) is 3.